The van der Waals surface area contributed by atoms with E-state index in [4.69, 9.17) is 11.5 Å². The highest BCUT2D eigenvalue weighted by atomic mass is 127. The molecule has 0 radical (unpaired) electrons. The lowest BCUT2D eigenvalue weighted by Gasteiger charge is -2.31. The van der Waals surface area contributed by atoms with E-state index in [-0.39, 0.29) is 35.8 Å². The molecule has 162 valence electrons. The van der Waals surface area contributed by atoms with Crippen LogP contribution in [0.25, 0.3) is 0 Å². The van der Waals surface area contributed by atoms with Crippen LogP contribution in [0.4, 0.5) is 0 Å². The van der Waals surface area contributed by atoms with Gasteiger partial charge in [0, 0.05) is 19.1 Å². The highest BCUT2D eigenvalue weighted by Gasteiger charge is 2.23. The number of hydrogen-bond acceptors (Lipinski definition) is 3. The third kappa shape index (κ3) is 8.12. The van der Waals surface area contributed by atoms with E-state index in [9.17, 15) is 4.79 Å². The maximum Gasteiger partial charge on any atom is 0.221 e. The van der Waals surface area contributed by atoms with Crippen molar-refractivity contribution in [3.63, 3.8) is 0 Å². The number of primary amides is 1. The Morgan fingerprint density at radius 2 is 1.79 bits per heavy atom. The number of hydrogen-bond donors (Lipinski definition) is 3. The number of nitrogens with two attached hydrogens (primary N) is 2. The molecule has 1 saturated heterocycles. The lowest BCUT2D eigenvalue weighted by atomic mass is 9.97. The second-order valence-corrected chi connectivity index (χ2v) is 8.33. The zero-order valence-electron chi connectivity index (χ0n) is 17.3. The fraction of sp³-hybridized carbons (Fsp3) is 0.636. The molecule has 29 heavy (non-hydrogen) atoms. The zero-order chi connectivity index (χ0) is 19.8. The maximum atomic E-state index is 11.5. The molecule has 0 aromatic heterocycles. The predicted octanol–water partition coefficient (Wildman–Crippen LogP) is 3.13. The number of carbonyl (C=O) groups is 1. The van der Waals surface area contributed by atoms with E-state index in [1.807, 2.05) is 0 Å². The Morgan fingerprint density at radius 1 is 1.07 bits per heavy atom. The van der Waals surface area contributed by atoms with Gasteiger partial charge >= 0.3 is 0 Å². The van der Waals surface area contributed by atoms with Gasteiger partial charge in [-0.2, -0.15) is 0 Å². The van der Waals surface area contributed by atoms with Gasteiger partial charge in [-0.05, 0) is 43.4 Å². The maximum absolute atomic E-state index is 11.5. The Labute approximate surface area is 191 Å². The minimum atomic E-state index is -0.176. The predicted molar refractivity (Wildman–Crippen MR) is 129 cm³/mol. The van der Waals surface area contributed by atoms with Crippen LogP contribution in [-0.4, -0.2) is 35.9 Å². The summed E-state index contributed by atoms with van der Waals surface area (Å²) in [5, 5.41) is 3.40. The molecule has 0 bridgehead atoms. The summed E-state index contributed by atoms with van der Waals surface area (Å²) in [6, 6.07) is 8.96. The van der Waals surface area contributed by atoms with Gasteiger partial charge in [-0.3, -0.25) is 9.69 Å². The van der Waals surface area contributed by atoms with Crippen LogP contribution in [0.15, 0.2) is 29.3 Å². The van der Waals surface area contributed by atoms with Gasteiger partial charge in [0.15, 0.2) is 5.96 Å². The largest absolute Gasteiger partial charge is 0.370 e. The smallest absolute Gasteiger partial charge is 0.221 e. The topological polar surface area (TPSA) is 96.7 Å². The van der Waals surface area contributed by atoms with Gasteiger partial charge in [0.25, 0.3) is 0 Å². The van der Waals surface area contributed by atoms with Crippen molar-refractivity contribution < 1.29 is 4.79 Å². The van der Waals surface area contributed by atoms with Crippen LogP contribution in [0.3, 0.4) is 0 Å². The minimum Gasteiger partial charge on any atom is -0.370 e. The number of nitrogens with one attached hydrogen (secondary N) is 1. The van der Waals surface area contributed by atoms with Crippen LogP contribution in [0.2, 0.25) is 0 Å². The number of nitrogens with zero attached hydrogens (tertiary/aromatic N) is 2. The van der Waals surface area contributed by atoms with Crippen molar-refractivity contribution in [2.45, 2.75) is 70.5 Å². The summed E-state index contributed by atoms with van der Waals surface area (Å²) in [6.07, 6.45) is 9.54. The van der Waals surface area contributed by atoms with Crippen molar-refractivity contribution in [3.05, 3.63) is 35.4 Å². The molecule has 1 saturated carbocycles. The second-order valence-electron chi connectivity index (χ2n) is 8.33. The fourth-order valence-electron chi connectivity index (χ4n) is 4.37. The second kappa shape index (κ2) is 12.4. The van der Waals surface area contributed by atoms with Crippen LogP contribution < -0.4 is 16.8 Å². The Balaban J connectivity index is 0.00000300. The number of aliphatic imine (C=N–C) groups is 1. The number of carbonyl (C=O) groups excluding carboxylic acids is 1. The van der Waals surface area contributed by atoms with E-state index >= 15 is 0 Å². The highest BCUT2D eigenvalue weighted by Crippen LogP contribution is 2.19. The Bertz CT molecular complexity index is 673. The SMILES string of the molecule is I.NC(=O)C1CCCN(Cc2cccc(CN=C(N)NC3CCCCCC3)c2)C1. The molecule has 3 rings (SSSR count). The fourth-order valence-corrected chi connectivity index (χ4v) is 4.37. The number of benzene rings is 1. The minimum absolute atomic E-state index is 0. The molecule has 2 fully saturated rings. The molecule has 5 N–H and O–H groups in total. The quantitative estimate of drug-likeness (QED) is 0.236. The number of likely N-dealkylation sites (tertiary alicyclic amines) is 1. The summed E-state index contributed by atoms with van der Waals surface area (Å²) in [5.41, 5.74) is 14.0. The molecule has 1 heterocycles. The van der Waals surface area contributed by atoms with Crippen molar-refractivity contribution in [1.82, 2.24) is 10.2 Å². The van der Waals surface area contributed by atoms with Gasteiger partial charge in [0.2, 0.25) is 5.91 Å². The Hall–Kier alpha value is -1.35. The van der Waals surface area contributed by atoms with Gasteiger partial charge < -0.3 is 16.8 Å². The first-order chi connectivity index (χ1) is 13.6. The number of amides is 1. The molecule has 0 spiro atoms. The van der Waals surface area contributed by atoms with Crippen LogP contribution in [0.5, 0.6) is 0 Å². The normalized spacial score (nSPS) is 21.8. The number of halogens is 1. The summed E-state index contributed by atoms with van der Waals surface area (Å²) >= 11 is 0. The average Bonchev–Trinajstić information content (AvgIpc) is 2.95. The lowest BCUT2D eigenvalue weighted by molar-refractivity contribution is -0.123. The van der Waals surface area contributed by atoms with E-state index in [2.05, 4.69) is 39.5 Å². The first kappa shape index (κ1) is 23.9. The van der Waals surface area contributed by atoms with Crippen molar-refractivity contribution in [2.24, 2.45) is 22.4 Å². The monoisotopic (exact) mass is 513 g/mol. The molecule has 1 aromatic rings. The average molecular weight is 513 g/mol. The summed E-state index contributed by atoms with van der Waals surface area (Å²) in [5.74, 6) is 0.360. The number of piperidine rings is 1. The molecule has 1 atom stereocenters. The first-order valence-electron chi connectivity index (χ1n) is 10.8. The van der Waals surface area contributed by atoms with Crippen molar-refractivity contribution in [3.8, 4) is 0 Å². The molecule has 6 nitrogen and oxygen atoms in total. The summed E-state index contributed by atoms with van der Waals surface area (Å²) < 4.78 is 0. The summed E-state index contributed by atoms with van der Waals surface area (Å²) in [6.45, 7) is 3.21. The van der Waals surface area contributed by atoms with Gasteiger partial charge in [-0.1, -0.05) is 49.9 Å². The third-order valence-electron chi connectivity index (χ3n) is 5.94. The summed E-state index contributed by atoms with van der Waals surface area (Å²) in [7, 11) is 0. The van der Waals surface area contributed by atoms with Crippen molar-refractivity contribution in [1.29, 1.82) is 0 Å². The van der Waals surface area contributed by atoms with E-state index in [1.54, 1.807) is 0 Å². The molecular formula is C22H36IN5O. The molecular weight excluding hydrogens is 477 g/mol. The molecule has 1 aliphatic carbocycles. The van der Waals surface area contributed by atoms with E-state index in [0.717, 1.165) is 38.0 Å². The lowest BCUT2D eigenvalue weighted by Crippen LogP contribution is -2.40. The molecule has 1 unspecified atom stereocenters. The molecule has 7 heteroatoms. The van der Waals surface area contributed by atoms with Crippen LogP contribution in [0.1, 0.15) is 62.5 Å². The van der Waals surface area contributed by atoms with E-state index in [0.29, 0.717) is 18.5 Å². The summed E-state index contributed by atoms with van der Waals surface area (Å²) in [4.78, 5) is 18.4. The van der Waals surface area contributed by atoms with Gasteiger partial charge in [-0.15, -0.1) is 24.0 Å². The third-order valence-corrected chi connectivity index (χ3v) is 5.94. The van der Waals surface area contributed by atoms with Gasteiger partial charge in [-0.25, -0.2) is 4.99 Å². The zero-order valence-corrected chi connectivity index (χ0v) is 19.6. The van der Waals surface area contributed by atoms with Gasteiger partial charge in [0.1, 0.15) is 0 Å². The Morgan fingerprint density at radius 3 is 2.52 bits per heavy atom. The van der Waals surface area contributed by atoms with Gasteiger partial charge in [0.05, 0.1) is 12.5 Å². The Kier molecular flexibility index (Phi) is 10.2. The number of rotatable bonds is 6. The highest BCUT2D eigenvalue weighted by molar-refractivity contribution is 14.0. The molecule has 1 aliphatic heterocycles. The molecule has 2 aliphatic rings. The molecule has 1 amide bonds. The van der Waals surface area contributed by atoms with E-state index < -0.39 is 0 Å². The molecule has 1 aromatic carbocycles. The first-order valence-corrected chi connectivity index (χ1v) is 10.8. The van der Waals surface area contributed by atoms with Crippen molar-refractivity contribution in [2.75, 3.05) is 13.1 Å². The van der Waals surface area contributed by atoms with Crippen LogP contribution in [0, 0.1) is 5.92 Å². The van der Waals surface area contributed by atoms with Crippen molar-refractivity contribution >= 4 is 35.8 Å². The van der Waals surface area contributed by atoms with Crippen LogP contribution in [-0.2, 0) is 17.9 Å². The number of guanidine groups is 1. The van der Waals surface area contributed by atoms with E-state index in [1.165, 1.54) is 44.1 Å². The standard InChI is InChI=1S/C22H35N5O.HI/c23-21(28)19-9-6-12-27(16-19)15-18-8-5-7-17(13-18)14-25-22(24)26-20-10-3-1-2-4-11-20;/h5,7-8,13,19-20H,1-4,6,9-12,14-16H2,(H2,23,28)(H3,24,25,26);1H. The van der Waals surface area contributed by atoms with Crippen LogP contribution >= 0.6 is 24.0 Å².